The van der Waals surface area contributed by atoms with Gasteiger partial charge in [-0.3, -0.25) is 0 Å². The molecule has 0 amide bonds. The molecule has 1 N–H and O–H groups in total. The van der Waals surface area contributed by atoms with Crippen LogP contribution in [0.2, 0.25) is 0 Å². The molecule has 1 heterocycles. The van der Waals surface area contributed by atoms with Gasteiger partial charge < -0.3 is 5.32 Å². The molecule has 2 rings (SSSR count). The molecule has 1 saturated heterocycles. The van der Waals surface area contributed by atoms with Crippen molar-refractivity contribution in [3.05, 3.63) is 40.9 Å². The number of nitrogens with one attached hydrogen (secondary N) is 1. The summed E-state index contributed by atoms with van der Waals surface area (Å²) in [6, 6.07) is 8.46. The van der Waals surface area contributed by atoms with Gasteiger partial charge in [0.15, 0.2) is 0 Å². The number of halogens is 1. The predicted octanol–water partition coefficient (Wildman–Crippen LogP) is 3.46. The second-order valence-electron chi connectivity index (χ2n) is 4.06. The highest BCUT2D eigenvalue weighted by Crippen LogP contribution is 2.28. The maximum atomic E-state index is 4.24. The Morgan fingerprint density at radius 2 is 1.80 bits per heavy atom. The highest BCUT2D eigenvalue weighted by molar-refractivity contribution is 9.10. The predicted molar refractivity (Wildman–Crippen MR) is 68.8 cm³/mol. The lowest BCUT2D eigenvalue weighted by atomic mass is 9.87. The first kappa shape index (κ1) is 10.9. The van der Waals surface area contributed by atoms with Crippen LogP contribution in [-0.2, 0) is 0 Å². The Morgan fingerprint density at radius 3 is 2.40 bits per heavy atom. The summed E-state index contributed by atoms with van der Waals surface area (Å²) < 4.78 is 1.13. The molecule has 0 atom stereocenters. The molecule has 1 aliphatic rings. The molecule has 0 radical (unpaired) electrons. The molecule has 0 aromatic heterocycles. The van der Waals surface area contributed by atoms with Crippen LogP contribution in [-0.4, -0.2) is 13.1 Å². The van der Waals surface area contributed by atoms with Crippen LogP contribution in [0.5, 0.6) is 0 Å². The third-order valence-corrected chi connectivity index (χ3v) is 3.58. The highest BCUT2D eigenvalue weighted by Gasteiger charge is 2.16. The largest absolute Gasteiger partial charge is 0.317 e. The van der Waals surface area contributed by atoms with Crippen molar-refractivity contribution in [2.24, 2.45) is 5.92 Å². The maximum Gasteiger partial charge on any atom is 0.0175 e. The molecule has 0 unspecified atom stereocenters. The van der Waals surface area contributed by atoms with Gasteiger partial charge in [-0.15, -0.1) is 0 Å². The lowest BCUT2D eigenvalue weighted by molar-refractivity contribution is 0.447. The van der Waals surface area contributed by atoms with E-state index in [4.69, 9.17) is 0 Å². The molecular formula is C13H16BrN. The summed E-state index contributed by atoms with van der Waals surface area (Å²) in [6.07, 6.45) is 2.43. The zero-order chi connectivity index (χ0) is 10.7. The SMILES string of the molecule is C=C(c1ccc(Br)cc1)C1CCNCC1. The average molecular weight is 266 g/mol. The topological polar surface area (TPSA) is 12.0 Å². The number of benzene rings is 1. The van der Waals surface area contributed by atoms with Crippen molar-refractivity contribution in [1.82, 2.24) is 5.32 Å². The smallest absolute Gasteiger partial charge is 0.0175 e. The molecule has 0 bridgehead atoms. The molecule has 1 aromatic rings. The van der Waals surface area contributed by atoms with Gasteiger partial charge in [-0.05, 0) is 55.1 Å². The Morgan fingerprint density at radius 1 is 1.20 bits per heavy atom. The molecule has 0 saturated carbocycles. The van der Waals surface area contributed by atoms with E-state index in [2.05, 4.69) is 52.1 Å². The standard InChI is InChI=1S/C13H16BrN/c1-10(12-6-8-15-9-7-12)11-2-4-13(14)5-3-11/h2-5,12,15H,1,6-9H2. The molecule has 1 nitrogen and oxygen atoms in total. The molecule has 1 fully saturated rings. The molecule has 2 heteroatoms. The first-order valence-electron chi connectivity index (χ1n) is 5.43. The zero-order valence-electron chi connectivity index (χ0n) is 8.80. The third-order valence-electron chi connectivity index (χ3n) is 3.05. The van der Waals surface area contributed by atoms with E-state index in [1.54, 1.807) is 0 Å². The quantitative estimate of drug-likeness (QED) is 0.864. The summed E-state index contributed by atoms with van der Waals surface area (Å²) in [5.74, 6) is 0.660. The lowest BCUT2D eigenvalue weighted by Gasteiger charge is -2.24. The Labute approximate surface area is 99.7 Å². The minimum absolute atomic E-state index is 0.660. The van der Waals surface area contributed by atoms with Crippen molar-refractivity contribution < 1.29 is 0 Å². The molecule has 0 aliphatic carbocycles. The summed E-state index contributed by atoms with van der Waals surface area (Å²) in [7, 11) is 0. The second-order valence-corrected chi connectivity index (χ2v) is 4.97. The first-order chi connectivity index (χ1) is 7.27. The van der Waals surface area contributed by atoms with E-state index in [1.807, 2.05) is 0 Å². The van der Waals surface area contributed by atoms with Crippen LogP contribution in [0.4, 0.5) is 0 Å². The Balaban J connectivity index is 2.09. The molecule has 15 heavy (non-hydrogen) atoms. The van der Waals surface area contributed by atoms with E-state index < -0.39 is 0 Å². The fourth-order valence-electron chi connectivity index (χ4n) is 2.07. The van der Waals surface area contributed by atoms with Crippen LogP contribution >= 0.6 is 15.9 Å². The average Bonchev–Trinajstić information content (AvgIpc) is 2.30. The van der Waals surface area contributed by atoms with Crippen molar-refractivity contribution >= 4 is 21.5 Å². The fourth-order valence-corrected chi connectivity index (χ4v) is 2.33. The van der Waals surface area contributed by atoms with E-state index in [-0.39, 0.29) is 0 Å². The summed E-state index contributed by atoms with van der Waals surface area (Å²) in [6.45, 7) is 6.49. The summed E-state index contributed by atoms with van der Waals surface area (Å²) in [5.41, 5.74) is 2.58. The number of hydrogen-bond donors (Lipinski definition) is 1. The molecule has 1 aliphatic heterocycles. The lowest BCUT2D eigenvalue weighted by Crippen LogP contribution is -2.28. The Hall–Kier alpha value is -0.600. The van der Waals surface area contributed by atoms with Gasteiger partial charge in [0, 0.05) is 4.47 Å². The fraction of sp³-hybridized carbons (Fsp3) is 0.385. The Bertz CT molecular complexity index is 336. The summed E-state index contributed by atoms with van der Waals surface area (Å²) >= 11 is 3.45. The minimum atomic E-state index is 0.660. The highest BCUT2D eigenvalue weighted by atomic mass is 79.9. The van der Waals surface area contributed by atoms with Gasteiger partial charge in [-0.25, -0.2) is 0 Å². The Kier molecular flexibility index (Phi) is 3.60. The summed E-state index contributed by atoms with van der Waals surface area (Å²) in [4.78, 5) is 0. The first-order valence-corrected chi connectivity index (χ1v) is 6.22. The normalized spacial score (nSPS) is 17.7. The monoisotopic (exact) mass is 265 g/mol. The van der Waals surface area contributed by atoms with Crippen molar-refractivity contribution in [3.63, 3.8) is 0 Å². The van der Waals surface area contributed by atoms with Crippen LogP contribution in [0.15, 0.2) is 35.3 Å². The van der Waals surface area contributed by atoms with Crippen LogP contribution in [0.3, 0.4) is 0 Å². The second kappa shape index (κ2) is 4.95. The minimum Gasteiger partial charge on any atom is -0.317 e. The van der Waals surface area contributed by atoms with E-state index in [9.17, 15) is 0 Å². The van der Waals surface area contributed by atoms with Crippen LogP contribution in [0.1, 0.15) is 18.4 Å². The van der Waals surface area contributed by atoms with Crippen LogP contribution in [0.25, 0.3) is 5.57 Å². The van der Waals surface area contributed by atoms with Crippen molar-refractivity contribution in [1.29, 1.82) is 0 Å². The number of allylic oxidation sites excluding steroid dienone is 1. The zero-order valence-corrected chi connectivity index (χ0v) is 10.4. The van der Waals surface area contributed by atoms with Gasteiger partial charge in [-0.1, -0.05) is 34.6 Å². The van der Waals surface area contributed by atoms with Crippen LogP contribution < -0.4 is 5.32 Å². The number of hydrogen-bond acceptors (Lipinski definition) is 1. The van der Waals surface area contributed by atoms with Gasteiger partial charge >= 0.3 is 0 Å². The van der Waals surface area contributed by atoms with Gasteiger partial charge in [0.25, 0.3) is 0 Å². The maximum absolute atomic E-state index is 4.24. The van der Waals surface area contributed by atoms with Gasteiger partial charge in [-0.2, -0.15) is 0 Å². The summed E-state index contributed by atoms with van der Waals surface area (Å²) in [5, 5.41) is 3.38. The van der Waals surface area contributed by atoms with Gasteiger partial charge in [0.05, 0.1) is 0 Å². The van der Waals surface area contributed by atoms with Gasteiger partial charge in [0.1, 0.15) is 0 Å². The van der Waals surface area contributed by atoms with E-state index in [0.717, 1.165) is 17.6 Å². The van der Waals surface area contributed by atoms with Crippen LogP contribution in [0, 0.1) is 5.92 Å². The van der Waals surface area contributed by atoms with E-state index in [1.165, 1.54) is 24.0 Å². The van der Waals surface area contributed by atoms with Crippen molar-refractivity contribution in [3.8, 4) is 0 Å². The van der Waals surface area contributed by atoms with E-state index in [0.29, 0.717) is 5.92 Å². The molecular weight excluding hydrogens is 250 g/mol. The molecule has 0 spiro atoms. The number of piperidine rings is 1. The van der Waals surface area contributed by atoms with Crippen molar-refractivity contribution in [2.75, 3.05) is 13.1 Å². The third kappa shape index (κ3) is 2.70. The molecule has 1 aromatic carbocycles. The van der Waals surface area contributed by atoms with Gasteiger partial charge in [0.2, 0.25) is 0 Å². The van der Waals surface area contributed by atoms with E-state index >= 15 is 0 Å². The van der Waals surface area contributed by atoms with Crippen molar-refractivity contribution in [2.45, 2.75) is 12.8 Å². The molecule has 80 valence electrons. The number of rotatable bonds is 2.